The second kappa shape index (κ2) is 10.6. The van der Waals surface area contributed by atoms with Crippen molar-refractivity contribution in [3.8, 4) is 0 Å². The summed E-state index contributed by atoms with van der Waals surface area (Å²) < 4.78 is 29.0. The van der Waals surface area contributed by atoms with Crippen LogP contribution in [-0.2, 0) is 0 Å². The van der Waals surface area contributed by atoms with Crippen LogP contribution in [0.5, 0.6) is 0 Å². The van der Waals surface area contributed by atoms with E-state index in [1.165, 1.54) is 25.7 Å². The van der Waals surface area contributed by atoms with Gasteiger partial charge in [0.25, 0.3) is 0 Å². The smallest absolute Gasteiger partial charge is 0.326 e. The average molecular weight is 204 g/mol. The van der Waals surface area contributed by atoms with Gasteiger partial charge in [-0.25, -0.2) is 0 Å². The first-order valence-electron chi connectivity index (χ1n) is 3.88. The molecule has 0 bridgehead atoms. The van der Waals surface area contributed by atoms with E-state index >= 15 is 0 Å². The molecule has 0 nitrogen and oxygen atoms in total. The molecule has 1 rings (SSSR count). The Labute approximate surface area is 115 Å². The van der Waals surface area contributed by atoms with Crippen molar-refractivity contribution >= 4 is 7.54 Å². The Balaban J connectivity index is 0. The summed E-state index contributed by atoms with van der Waals surface area (Å²) in [5.41, 5.74) is 0. The van der Waals surface area contributed by atoms with E-state index in [9.17, 15) is 12.9 Å². The molecule has 0 radical (unpaired) electrons. The zero-order chi connectivity index (χ0) is 8.69. The van der Waals surface area contributed by atoms with Gasteiger partial charge in [-0.1, -0.05) is 26.2 Å². The molecule has 0 aromatic carbocycles. The molecule has 0 aliphatic heterocycles. The van der Waals surface area contributed by atoms with Crippen molar-refractivity contribution in [1.29, 1.82) is 0 Å². The van der Waals surface area contributed by atoms with Crippen molar-refractivity contribution in [1.82, 2.24) is 0 Å². The molecule has 0 amide bonds. The summed E-state index contributed by atoms with van der Waals surface area (Å²) in [4.78, 5) is 0. The first-order chi connectivity index (χ1) is 5.13. The molecule has 1 atom stereocenters. The molecule has 66 valence electrons. The SMILES string of the molecule is CC1[CH-]CCCC1.FB(F)F.[K+]. The van der Waals surface area contributed by atoms with Gasteiger partial charge in [0.2, 0.25) is 0 Å². The van der Waals surface area contributed by atoms with Crippen molar-refractivity contribution in [2.24, 2.45) is 5.92 Å². The van der Waals surface area contributed by atoms with Gasteiger partial charge in [-0.15, -0.1) is 0 Å². The predicted octanol–water partition coefficient (Wildman–Crippen LogP) is 0.285. The summed E-state index contributed by atoms with van der Waals surface area (Å²) >= 11 is 0. The predicted molar refractivity (Wildman–Crippen MR) is 41.0 cm³/mol. The molecule has 1 fully saturated rings. The molecule has 0 saturated heterocycles. The van der Waals surface area contributed by atoms with Crippen LogP contribution in [0.2, 0.25) is 0 Å². The summed E-state index contributed by atoms with van der Waals surface area (Å²) in [5, 5.41) is 0. The third-order valence-corrected chi connectivity index (χ3v) is 1.68. The van der Waals surface area contributed by atoms with Crippen LogP contribution in [0, 0.1) is 12.3 Å². The van der Waals surface area contributed by atoms with Crippen LogP contribution in [0.1, 0.15) is 32.6 Å². The third-order valence-electron chi connectivity index (χ3n) is 1.68. The fourth-order valence-corrected chi connectivity index (χ4v) is 1.13. The molecule has 0 aromatic rings. The van der Waals surface area contributed by atoms with Crippen molar-refractivity contribution in [3.05, 3.63) is 6.42 Å². The monoisotopic (exact) mass is 204 g/mol. The van der Waals surface area contributed by atoms with Crippen molar-refractivity contribution in [2.45, 2.75) is 32.6 Å². The first-order valence-corrected chi connectivity index (χ1v) is 3.88. The second-order valence-electron chi connectivity index (χ2n) is 2.74. The molecule has 0 heterocycles. The molecule has 12 heavy (non-hydrogen) atoms. The van der Waals surface area contributed by atoms with Gasteiger partial charge in [-0.2, -0.15) is 12.3 Å². The maximum Gasteiger partial charge on any atom is 1.00 e. The molecule has 1 saturated carbocycles. The van der Waals surface area contributed by atoms with Crippen LogP contribution in [0.4, 0.5) is 12.9 Å². The van der Waals surface area contributed by atoms with E-state index in [4.69, 9.17) is 0 Å². The van der Waals surface area contributed by atoms with Crippen LogP contribution < -0.4 is 51.4 Å². The summed E-state index contributed by atoms with van der Waals surface area (Å²) in [6, 6.07) is 0. The van der Waals surface area contributed by atoms with Gasteiger partial charge in [0, 0.05) is 0 Å². The third kappa shape index (κ3) is 14.0. The van der Waals surface area contributed by atoms with Crippen molar-refractivity contribution in [2.75, 3.05) is 0 Å². The van der Waals surface area contributed by atoms with Crippen molar-refractivity contribution in [3.63, 3.8) is 0 Å². The summed E-state index contributed by atoms with van der Waals surface area (Å²) in [6.45, 7) is 2.30. The van der Waals surface area contributed by atoms with E-state index in [0.29, 0.717) is 0 Å². The van der Waals surface area contributed by atoms with E-state index in [1.807, 2.05) is 0 Å². The molecule has 1 aliphatic rings. The van der Waals surface area contributed by atoms with Gasteiger partial charge in [0.1, 0.15) is 0 Å². The van der Waals surface area contributed by atoms with Gasteiger partial charge in [0.15, 0.2) is 0 Å². The maximum atomic E-state index is 9.67. The zero-order valence-corrected chi connectivity index (χ0v) is 10.8. The number of rotatable bonds is 0. The van der Waals surface area contributed by atoms with Gasteiger partial charge >= 0.3 is 58.9 Å². The molecule has 1 aliphatic carbocycles. The molecule has 0 aromatic heterocycles. The van der Waals surface area contributed by atoms with Gasteiger partial charge in [-0.3, -0.25) is 12.9 Å². The molecule has 5 heteroatoms. The largest absolute Gasteiger partial charge is 1.00 e. The molecular weight excluding hydrogens is 191 g/mol. The fourth-order valence-electron chi connectivity index (χ4n) is 1.13. The Kier molecular flexibility index (Phi) is 14.0. The standard InChI is InChI=1S/C7H13.BF3.K/c1-7-5-3-2-4-6-7;2-1(3)4;/h5,7H,2-4,6H2,1H3;;/q-1;;+1. The quantitative estimate of drug-likeness (QED) is 0.393. The Morgan fingerprint density at radius 3 is 1.92 bits per heavy atom. The van der Waals surface area contributed by atoms with E-state index in [2.05, 4.69) is 13.3 Å². The number of hydrogen-bond acceptors (Lipinski definition) is 0. The van der Waals surface area contributed by atoms with Crippen LogP contribution in [-0.4, -0.2) is 7.54 Å². The van der Waals surface area contributed by atoms with E-state index in [-0.39, 0.29) is 51.4 Å². The first kappa shape index (κ1) is 15.9. The Hall–Kier alpha value is 1.49. The fraction of sp³-hybridized carbons (Fsp3) is 0.857. The summed E-state index contributed by atoms with van der Waals surface area (Å²) in [5.74, 6) is 0.911. The minimum absolute atomic E-state index is 0. The van der Waals surface area contributed by atoms with E-state index in [1.54, 1.807) is 0 Å². The average Bonchev–Trinajstić information content (AvgIpc) is 1.87. The van der Waals surface area contributed by atoms with E-state index in [0.717, 1.165) is 5.92 Å². The Morgan fingerprint density at radius 1 is 1.25 bits per heavy atom. The van der Waals surface area contributed by atoms with Gasteiger partial charge in [0.05, 0.1) is 0 Å². The van der Waals surface area contributed by atoms with Gasteiger partial charge in [-0.05, 0) is 0 Å². The molecular formula is C7H13BF3K. The molecule has 0 N–H and O–H groups in total. The van der Waals surface area contributed by atoms with Crippen LogP contribution in [0.15, 0.2) is 0 Å². The number of hydrogen-bond donors (Lipinski definition) is 0. The van der Waals surface area contributed by atoms with Gasteiger partial charge < -0.3 is 6.42 Å². The maximum absolute atomic E-state index is 9.67. The zero-order valence-electron chi connectivity index (χ0n) is 7.69. The number of halogens is 3. The van der Waals surface area contributed by atoms with Crippen LogP contribution >= 0.6 is 0 Å². The minimum Gasteiger partial charge on any atom is -0.326 e. The topological polar surface area (TPSA) is 0 Å². The minimum atomic E-state index is -3.67. The Morgan fingerprint density at radius 2 is 1.75 bits per heavy atom. The molecule has 1 unspecified atom stereocenters. The molecule has 0 spiro atoms. The van der Waals surface area contributed by atoms with Crippen LogP contribution in [0.3, 0.4) is 0 Å². The summed E-state index contributed by atoms with van der Waals surface area (Å²) in [7, 11) is -3.67. The Bertz CT molecular complexity index is 84.0. The normalized spacial score (nSPS) is 21.5. The van der Waals surface area contributed by atoms with Crippen LogP contribution in [0.25, 0.3) is 0 Å². The second-order valence-corrected chi connectivity index (χ2v) is 2.74. The summed E-state index contributed by atoms with van der Waals surface area (Å²) in [6.07, 6.45) is 8.12. The van der Waals surface area contributed by atoms with Crippen molar-refractivity contribution < 1.29 is 64.3 Å². The van der Waals surface area contributed by atoms with E-state index < -0.39 is 7.54 Å².